The van der Waals surface area contributed by atoms with Gasteiger partial charge in [-0.2, -0.15) is 0 Å². The van der Waals surface area contributed by atoms with Crippen LogP contribution in [0, 0.1) is 0 Å². The Labute approximate surface area is 172 Å². The average molecular weight is 426 g/mol. The van der Waals surface area contributed by atoms with E-state index >= 15 is 0 Å². The van der Waals surface area contributed by atoms with Crippen LogP contribution in [0.25, 0.3) is 11.0 Å². The molecule has 1 saturated heterocycles. The van der Waals surface area contributed by atoms with E-state index in [2.05, 4.69) is 10.6 Å². The standard InChI is InChI=1S/C20H14N2O7S/c23-11-5-6-13-16(17(11)25)12(24)8-14(29-13)18(26)21-10-3-1-9(2-4-10)7-15-19(27)22-20(28)30-15/h1-6,8,15,23,25H,7H2,(H,21,26)(H,22,27,28). The van der Waals surface area contributed by atoms with Crippen molar-refractivity contribution in [2.24, 2.45) is 0 Å². The van der Waals surface area contributed by atoms with Gasteiger partial charge in [0, 0.05) is 11.8 Å². The highest BCUT2D eigenvalue weighted by atomic mass is 32.2. The van der Waals surface area contributed by atoms with Gasteiger partial charge in [0.1, 0.15) is 11.0 Å². The van der Waals surface area contributed by atoms with E-state index < -0.39 is 28.1 Å². The fourth-order valence-electron chi connectivity index (χ4n) is 2.99. The van der Waals surface area contributed by atoms with Gasteiger partial charge in [-0.3, -0.25) is 24.5 Å². The molecule has 1 atom stereocenters. The third-order valence-corrected chi connectivity index (χ3v) is 5.45. The lowest BCUT2D eigenvalue weighted by atomic mass is 10.1. The Morgan fingerprint density at radius 2 is 1.83 bits per heavy atom. The van der Waals surface area contributed by atoms with Crippen molar-refractivity contribution in [3.63, 3.8) is 0 Å². The summed E-state index contributed by atoms with van der Waals surface area (Å²) in [6.45, 7) is 0. The van der Waals surface area contributed by atoms with Crippen LogP contribution < -0.4 is 16.1 Å². The SMILES string of the molecule is O=C1NC(=O)C(Cc2ccc(NC(=O)c3cc(=O)c4c(O)c(O)ccc4o3)cc2)S1. The van der Waals surface area contributed by atoms with Crippen molar-refractivity contribution in [3.8, 4) is 11.5 Å². The van der Waals surface area contributed by atoms with Gasteiger partial charge in [0.25, 0.3) is 11.1 Å². The molecule has 1 aliphatic rings. The molecule has 2 aromatic carbocycles. The minimum absolute atomic E-state index is 0.0415. The fraction of sp³-hybridized carbons (Fsp3) is 0.100. The number of thioether (sulfide) groups is 1. The zero-order valence-electron chi connectivity index (χ0n) is 15.2. The van der Waals surface area contributed by atoms with Crippen LogP contribution >= 0.6 is 11.8 Å². The average Bonchev–Trinajstić information content (AvgIpc) is 3.02. The van der Waals surface area contributed by atoms with E-state index in [1.54, 1.807) is 24.3 Å². The molecule has 3 aromatic rings. The summed E-state index contributed by atoms with van der Waals surface area (Å²) in [5.41, 5.74) is 0.523. The number of phenolic OH excluding ortho intramolecular Hbond substituents is 2. The van der Waals surface area contributed by atoms with E-state index in [4.69, 9.17) is 4.42 Å². The van der Waals surface area contributed by atoms with Crippen LogP contribution in [0.2, 0.25) is 0 Å². The van der Waals surface area contributed by atoms with Crippen molar-refractivity contribution in [1.29, 1.82) is 0 Å². The molecule has 0 bridgehead atoms. The first-order valence-corrected chi connectivity index (χ1v) is 9.60. The highest BCUT2D eigenvalue weighted by Crippen LogP contribution is 2.31. The van der Waals surface area contributed by atoms with Gasteiger partial charge >= 0.3 is 0 Å². The van der Waals surface area contributed by atoms with Gasteiger partial charge in [0.05, 0.1) is 5.25 Å². The Morgan fingerprint density at radius 3 is 2.50 bits per heavy atom. The number of amides is 3. The van der Waals surface area contributed by atoms with Crippen LogP contribution in [0.15, 0.2) is 51.7 Å². The molecular formula is C20H14N2O7S. The largest absolute Gasteiger partial charge is 0.504 e. The van der Waals surface area contributed by atoms with Crippen LogP contribution in [0.5, 0.6) is 11.5 Å². The van der Waals surface area contributed by atoms with Crippen LogP contribution in [0.4, 0.5) is 10.5 Å². The molecule has 10 heteroatoms. The molecule has 1 aliphatic heterocycles. The molecule has 0 spiro atoms. The predicted molar refractivity (Wildman–Crippen MR) is 109 cm³/mol. The molecular weight excluding hydrogens is 412 g/mol. The number of carbonyl (C=O) groups is 3. The molecule has 0 radical (unpaired) electrons. The second kappa shape index (κ2) is 7.56. The number of rotatable bonds is 4. The van der Waals surface area contributed by atoms with Gasteiger partial charge in [-0.05, 0) is 36.2 Å². The summed E-state index contributed by atoms with van der Waals surface area (Å²) in [6.07, 6.45) is 0.367. The zero-order chi connectivity index (χ0) is 21.4. The number of hydrogen-bond acceptors (Lipinski definition) is 8. The van der Waals surface area contributed by atoms with Gasteiger partial charge in [-0.1, -0.05) is 23.9 Å². The summed E-state index contributed by atoms with van der Waals surface area (Å²) in [5, 5.41) is 23.1. The minimum Gasteiger partial charge on any atom is -0.504 e. The molecule has 30 heavy (non-hydrogen) atoms. The van der Waals surface area contributed by atoms with E-state index in [0.29, 0.717) is 12.1 Å². The Bertz CT molecular complexity index is 1250. The predicted octanol–water partition coefficient (Wildman–Crippen LogP) is 2.35. The smallest absolute Gasteiger partial charge is 0.291 e. The second-order valence-electron chi connectivity index (χ2n) is 6.52. The third-order valence-electron chi connectivity index (χ3n) is 4.47. The molecule has 3 amide bonds. The summed E-state index contributed by atoms with van der Waals surface area (Å²) >= 11 is 0.940. The van der Waals surface area contributed by atoms with E-state index in [0.717, 1.165) is 29.5 Å². The first kappa shape index (κ1) is 19.5. The zero-order valence-corrected chi connectivity index (χ0v) is 16.0. The van der Waals surface area contributed by atoms with Crippen LogP contribution in [0.1, 0.15) is 16.1 Å². The highest BCUT2D eigenvalue weighted by Gasteiger charge is 2.31. The quantitative estimate of drug-likeness (QED) is 0.465. The first-order valence-electron chi connectivity index (χ1n) is 8.72. The van der Waals surface area contributed by atoms with Crippen molar-refractivity contribution < 1.29 is 29.0 Å². The van der Waals surface area contributed by atoms with Crippen molar-refractivity contribution in [2.75, 3.05) is 5.32 Å². The Morgan fingerprint density at radius 1 is 1.10 bits per heavy atom. The monoisotopic (exact) mass is 426 g/mol. The topological polar surface area (TPSA) is 146 Å². The maximum atomic E-state index is 12.5. The van der Waals surface area contributed by atoms with Gasteiger partial charge in [0.2, 0.25) is 5.91 Å². The van der Waals surface area contributed by atoms with Crippen LogP contribution in [-0.4, -0.2) is 32.5 Å². The molecule has 1 fully saturated rings. The minimum atomic E-state index is -0.675. The number of phenols is 2. The lowest BCUT2D eigenvalue weighted by molar-refractivity contribution is -0.118. The lowest BCUT2D eigenvalue weighted by Crippen LogP contribution is -2.25. The maximum Gasteiger partial charge on any atom is 0.291 e. The molecule has 1 aromatic heterocycles. The number of anilines is 1. The number of hydrogen-bond donors (Lipinski definition) is 4. The normalized spacial score (nSPS) is 15.9. The van der Waals surface area contributed by atoms with Crippen molar-refractivity contribution >= 4 is 45.5 Å². The summed E-state index contributed by atoms with van der Waals surface area (Å²) in [7, 11) is 0. The van der Waals surface area contributed by atoms with Gasteiger partial charge in [-0.25, -0.2) is 0 Å². The molecule has 2 heterocycles. The highest BCUT2D eigenvalue weighted by molar-refractivity contribution is 8.15. The molecule has 0 saturated carbocycles. The summed E-state index contributed by atoms with van der Waals surface area (Å²) < 4.78 is 5.38. The number of carbonyl (C=O) groups excluding carboxylic acids is 3. The van der Waals surface area contributed by atoms with Crippen molar-refractivity contribution in [3.05, 3.63) is 64.0 Å². The van der Waals surface area contributed by atoms with Crippen molar-refractivity contribution in [2.45, 2.75) is 11.7 Å². The first-order chi connectivity index (χ1) is 14.3. The molecule has 0 aliphatic carbocycles. The second-order valence-corrected chi connectivity index (χ2v) is 7.70. The summed E-state index contributed by atoms with van der Waals surface area (Å²) in [6, 6.07) is 10.0. The number of fused-ring (bicyclic) bond motifs is 1. The molecule has 1 unspecified atom stereocenters. The number of benzene rings is 2. The summed E-state index contributed by atoms with van der Waals surface area (Å²) in [4.78, 5) is 47.5. The summed E-state index contributed by atoms with van der Waals surface area (Å²) in [5.74, 6) is -2.34. The van der Waals surface area contributed by atoms with E-state index in [1.807, 2.05) is 0 Å². The van der Waals surface area contributed by atoms with E-state index in [9.17, 15) is 29.4 Å². The number of nitrogens with one attached hydrogen (secondary N) is 2. The number of imide groups is 1. The van der Waals surface area contributed by atoms with E-state index in [1.165, 1.54) is 6.07 Å². The van der Waals surface area contributed by atoms with Crippen LogP contribution in [-0.2, 0) is 11.2 Å². The van der Waals surface area contributed by atoms with Gasteiger partial charge in [-0.15, -0.1) is 0 Å². The molecule has 4 rings (SSSR count). The molecule has 4 N–H and O–H groups in total. The maximum absolute atomic E-state index is 12.5. The van der Waals surface area contributed by atoms with Gasteiger partial charge in [0.15, 0.2) is 22.7 Å². The molecule has 152 valence electrons. The Hall–Kier alpha value is -3.79. The lowest BCUT2D eigenvalue weighted by Gasteiger charge is -2.09. The fourth-order valence-corrected chi connectivity index (χ4v) is 3.85. The van der Waals surface area contributed by atoms with E-state index in [-0.39, 0.29) is 27.9 Å². The van der Waals surface area contributed by atoms with Crippen LogP contribution in [0.3, 0.4) is 0 Å². The third kappa shape index (κ3) is 3.72. The number of aromatic hydroxyl groups is 2. The van der Waals surface area contributed by atoms with Crippen molar-refractivity contribution in [1.82, 2.24) is 5.32 Å². The Kier molecular flexibility index (Phi) is 4.92. The Balaban J connectivity index is 1.50. The molecule has 9 nitrogen and oxygen atoms in total. The van der Waals surface area contributed by atoms with Gasteiger partial charge < -0.3 is 19.9 Å².